The summed E-state index contributed by atoms with van der Waals surface area (Å²) in [5.74, 6) is -0.917. The third-order valence-electron chi connectivity index (χ3n) is 6.63. The maximum Gasteiger partial charge on any atom is 0.244 e. The Labute approximate surface area is 247 Å². The maximum absolute atomic E-state index is 14.1. The van der Waals surface area contributed by atoms with Crippen LogP contribution in [0.5, 0.6) is 0 Å². The van der Waals surface area contributed by atoms with Gasteiger partial charge >= 0.3 is 0 Å². The summed E-state index contributed by atoms with van der Waals surface area (Å²) in [4.78, 5) is 29.2. The molecular weight excluding hydrogens is 569 g/mol. The van der Waals surface area contributed by atoms with Gasteiger partial charge in [-0.3, -0.25) is 13.9 Å². The van der Waals surface area contributed by atoms with Gasteiger partial charge in [0.05, 0.1) is 11.9 Å². The van der Waals surface area contributed by atoms with Crippen molar-refractivity contribution in [3.8, 4) is 0 Å². The first kappa shape index (κ1) is 31.5. The molecule has 214 valence electrons. The van der Waals surface area contributed by atoms with Crippen LogP contribution in [0, 0.1) is 6.92 Å². The molecule has 0 aliphatic carbocycles. The molecule has 40 heavy (non-hydrogen) atoms. The van der Waals surface area contributed by atoms with Crippen molar-refractivity contribution in [2.24, 2.45) is 0 Å². The number of amides is 2. The van der Waals surface area contributed by atoms with E-state index in [0.29, 0.717) is 27.7 Å². The summed E-state index contributed by atoms with van der Waals surface area (Å²) in [6.45, 7) is 5.08. The van der Waals surface area contributed by atoms with Crippen molar-refractivity contribution in [1.82, 2.24) is 10.2 Å². The average Bonchev–Trinajstić information content (AvgIpc) is 2.90. The minimum atomic E-state index is -3.85. The van der Waals surface area contributed by atoms with E-state index in [4.69, 9.17) is 23.2 Å². The number of rotatable bonds is 12. The molecule has 3 aromatic rings. The Balaban J connectivity index is 2.11. The minimum absolute atomic E-state index is 0.0891. The molecule has 2 atom stereocenters. The molecule has 0 radical (unpaired) electrons. The molecule has 7 nitrogen and oxygen atoms in total. The van der Waals surface area contributed by atoms with Crippen LogP contribution >= 0.6 is 23.2 Å². The number of anilines is 1. The monoisotopic (exact) mass is 603 g/mol. The number of carbonyl (C=O) groups excluding carboxylic acids is 2. The molecule has 0 heterocycles. The lowest BCUT2D eigenvalue weighted by atomic mass is 10.0. The molecule has 2 unspecified atom stereocenters. The van der Waals surface area contributed by atoms with Gasteiger partial charge in [-0.1, -0.05) is 78.7 Å². The van der Waals surface area contributed by atoms with Crippen LogP contribution < -0.4 is 9.62 Å². The highest BCUT2D eigenvalue weighted by molar-refractivity contribution is 7.92. The van der Waals surface area contributed by atoms with Gasteiger partial charge in [-0.25, -0.2) is 8.42 Å². The molecule has 10 heteroatoms. The van der Waals surface area contributed by atoms with Crippen LogP contribution in [0.4, 0.5) is 5.69 Å². The summed E-state index contributed by atoms with van der Waals surface area (Å²) in [5, 5.41) is 3.67. The lowest BCUT2D eigenvalue weighted by molar-refractivity contribution is -0.140. The SMILES string of the molecule is CCC(C)NC(=O)C(Cc1ccccc1)N(Cc1c(Cl)cccc1Cl)C(=O)CN(c1cccc(C)c1)S(C)(=O)=O. The number of hydrogen-bond donors (Lipinski definition) is 1. The first-order valence-electron chi connectivity index (χ1n) is 13.0. The number of hydrogen-bond acceptors (Lipinski definition) is 4. The molecule has 0 aliphatic rings. The first-order valence-corrected chi connectivity index (χ1v) is 15.6. The number of sulfonamides is 1. The van der Waals surface area contributed by atoms with E-state index in [1.54, 1.807) is 36.4 Å². The van der Waals surface area contributed by atoms with Crippen molar-refractivity contribution in [2.75, 3.05) is 17.1 Å². The van der Waals surface area contributed by atoms with Gasteiger partial charge in [0.1, 0.15) is 12.6 Å². The second-order valence-electron chi connectivity index (χ2n) is 9.85. The van der Waals surface area contributed by atoms with Gasteiger partial charge in [-0.15, -0.1) is 0 Å². The molecule has 3 aromatic carbocycles. The van der Waals surface area contributed by atoms with Gasteiger partial charge in [0.2, 0.25) is 21.8 Å². The standard InChI is InChI=1S/C30H35Cl2N3O4S/c1-5-22(3)33-30(37)28(18-23-12-7-6-8-13-23)34(19-25-26(31)15-10-16-27(25)32)29(36)20-35(40(4,38)39)24-14-9-11-21(2)17-24/h6-17,22,28H,5,18-20H2,1-4H3,(H,33,37). The zero-order chi connectivity index (χ0) is 29.4. The lowest BCUT2D eigenvalue weighted by Crippen LogP contribution is -2.54. The number of nitrogens with one attached hydrogen (secondary N) is 1. The Morgan fingerprint density at radius 1 is 0.950 bits per heavy atom. The van der Waals surface area contributed by atoms with Gasteiger partial charge in [-0.05, 0) is 55.7 Å². The smallest absolute Gasteiger partial charge is 0.244 e. The van der Waals surface area contributed by atoms with E-state index in [0.717, 1.165) is 21.7 Å². The molecule has 1 N–H and O–H groups in total. The van der Waals surface area contributed by atoms with Crippen LogP contribution in [0.25, 0.3) is 0 Å². The second-order valence-corrected chi connectivity index (χ2v) is 12.6. The molecule has 0 aliphatic heterocycles. The van der Waals surface area contributed by atoms with Crippen LogP contribution in [0.3, 0.4) is 0 Å². The molecule has 0 bridgehead atoms. The zero-order valence-corrected chi connectivity index (χ0v) is 25.4. The molecule has 3 rings (SSSR count). The second kappa shape index (κ2) is 14.0. The Morgan fingerprint density at radius 2 is 1.57 bits per heavy atom. The highest BCUT2D eigenvalue weighted by Gasteiger charge is 2.34. The van der Waals surface area contributed by atoms with Crippen molar-refractivity contribution in [3.63, 3.8) is 0 Å². The number of aryl methyl sites for hydroxylation is 1. The van der Waals surface area contributed by atoms with Crippen LogP contribution in [-0.2, 0) is 32.6 Å². The van der Waals surface area contributed by atoms with Gasteiger partial charge in [0.25, 0.3) is 0 Å². The fourth-order valence-electron chi connectivity index (χ4n) is 4.25. The van der Waals surface area contributed by atoms with Gasteiger partial charge < -0.3 is 10.2 Å². The summed E-state index contributed by atoms with van der Waals surface area (Å²) in [5.41, 5.74) is 2.51. The number of carbonyl (C=O) groups is 2. The minimum Gasteiger partial charge on any atom is -0.352 e. The highest BCUT2D eigenvalue weighted by Crippen LogP contribution is 2.28. The highest BCUT2D eigenvalue weighted by atomic mass is 35.5. The Bertz CT molecular complexity index is 1410. The maximum atomic E-state index is 14.1. The Morgan fingerprint density at radius 3 is 2.15 bits per heavy atom. The summed E-state index contributed by atoms with van der Waals surface area (Å²) in [6.07, 6.45) is 1.96. The normalized spacial score (nSPS) is 12.8. The van der Waals surface area contributed by atoms with Crippen molar-refractivity contribution in [2.45, 2.75) is 52.2 Å². The van der Waals surface area contributed by atoms with Crippen LogP contribution in [-0.4, -0.2) is 50.0 Å². The first-order chi connectivity index (χ1) is 18.9. The molecule has 0 spiro atoms. The summed E-state index contributed by atoms with van der Waals surface area (Å²) < 4.78 is 26.8. The van der Waals surface area contributed by atoms with Crippen molar-refractivity contribution >= 4 is 50.7 Å². The van der Waals surface area contributed by atoms with Crippen molar-refractivity contribution in [1.29, 1.82) is 0 Å². The fraction of sp³-hybridized carbons (Fsp3) is 0.333. The fourth-order valence-corrected chi connectivity index (χ4v) is 5.60. The molecule has 0 saturated carbocycles. The van der Waals surface area contributed by atoms with E-state index in [1.807, 2.05) is 57.2 Å². The Hall–Kier alpha value is -3.07. The van der Waals surface area contributed by atoms with E-state index < -0.39 is 28.5 Å². The predicted octanol–water partition coefficient (Wildman–Crippen LogP) is 5.62. The Kier molecular flexibility index (Phi) is 11.0. The quantitative estimate of drug-likeness (QED) is 0.291. The molecule has 2 amide bonds. The van der Waals surface area contributed by atoms with Crippen molar-refractivity contribution in [3.05, 3.63) is 99.5 Å². The molecular formula is C30H35Cl2N3O4S. The number of nitrogens with zero attached hydrogens (tertiary/aromatic N) is 2. The van der Waals surface area contributed by atoms with E-state index in [9.17, 15) is 18.0 Å². The summed E-state index contributed by atoms with van der Waals surface area (Å²) in [7, 11) is -3.85. The lowest BCUT2D eigenvalue weighted by Gasteiger charge is -2.34. The number of halogens is 2. The predicted molar refractivity (Wildman–Crippen MR) is 162 cm³/mol. The molecule has 0 fully saturated rings. The summed E-state index contributed by atoms with van der Waals surface area (Å²) >= 11 is 13.0. The van der Waals surface area contributed by atoms with Gasteiger partial charge in [0.15, 0.2) is 0 Å². The summed E-state index contributed by atoms with van der Waals surface area (Å²) in [6, 6.07) is 20.2. The molecule has 0 aromatic heterocycles. The van der Waals surface area contributed by atoms with Crippen LogP contribution in [0.1, 0.15) is 37.0 Å². The van der Waals surface area contributed by atoms with E-state index in [1.165, 1.54) is 4.90 Å². The zero-order valence-electron chi connectivity index (χ0n) is 23.1. The van der Waals surface area contributed by atoms with E-state index in [2.05, 4.69) is 5.32 Å². The van der Waals surface area contributed by atoms with Crippen LogP contribution in [0.2, 0.25) is 10.0 Å². The van der Waals surface area contributed by atoms with Gasteiger partial charge in [-0.2, -0.15) is 0 Å². The average molecular weight is 605 g/mol. The topological polar surface area (TPSA) is 86.8 Å². The number of benzene rings is 3. The van der Waals surface area contributed by atoms with Crippen LogP contribution in [0.15, 0.2) is 72.8 Å². The van der Waals surface area contributed by atoms with E-state index in [-0.39, 0.29) is 24.9 Å². The van der Waals surface area contributed by atoms with Crippen molar-refractivity contribution < 1.29 is 18.0 Å². The van der Waals surface area contributed by atoms with Gasteiger partial charge in [0, 0.05) is 34.6 Å². The van der Waals surface area contributed by atoms with E-state index >= 15 is 0 Å². The molecule has 0 saturated heterocycles. The largest absolute Gasteiger partial charge is 0.352 e. The third kappa shape index (κ3) is 8.46. The third-order valence-corrected chi connectivity index (χ3v) is 8.48.